The Bertz CT molecular complexity index is 382. The van der Waals surface area contributed by atoms with E-state index in [2.05, 4.69) is 12.1 Å². The molecule has 0 saturated heterocycles. The molecule has 1 aliphatic carbocycles. The van der Waals surface area contributed by atoms with Crippen LogP contribution in [0.1, 0.15) is 49.5 Å². The van der Waals surface area contributed by atoms with Crippen LogP contribution >= 0.6 is 0 Å². The van der Waals surface area contributed by atoms with Crippen LogP contribution in [0.5, 0.6) is 0 Å². The molecule has 0 aromatic heterocycles. The molecule has 2 aliphatic rings. The molecule has 1 N–H and O–H groups in total. The fourth-order valence-corrected chi connectivity index (χ4v) is 3.25. The second-order valence-electron chi connectivity index (χ2n) is 5.33. The molecule has 1 saturated carbocycles. The molecular formula is C15H20O2. The molecule has 2 atom stereocenters. The molecule has 2 unspecified atom stereocenters. The summed E-state index contributed by atoms with van der Waals surface area (Å²) < 4.78 is 5.81. The Morgan fingerprint density at radius 3 is 2.65 bits per heavy atom. The summed E-state index contributed by atoms with van der Waals surface area (Å²) in [5, 5.41) is 10.0. The highest BCUT2D eigenvalue weighted by Gasteiger charge is 2.31. The number of ether oxygens (including phenoxy) is 1. The summed E-state index contributed by atoms with van der Waals surface area (Å²) in [7, 11) is 0. The Morgan fingerprint density at radius 1 is 1.06 bits per heavy atom. The summed E-state index contributed by atoms with van der Waals surface area (Å²) >= 11 is 0. The van der Waals surface area contributed by atoms with Crippen molar-refractivity contribution in [2.75, 3.05) is 0 Å². The largest absolute Gasteiger partial charge is 0.364 e. The van der Waals surface area contributed by atoms with Gasteiger partial charge in [-0.2, -0.15) is 0 Å². The van der Waals surface area contributed by atoms with Gasteiger partial charge in [0, 0.05) is 5.56 Å². The Hall–Kier alpha value is -0.860. The lowest BCUT2D eigenvalue weighted by Gasteiger charge is -2.36. The average molecular weight is 232 g/mol. The van der Waals surface area contributed by atoms with Crippen molar-refractivity contribution in [1.29, 1.82) is 0 Å². The second-order valence-corrected chi connectivity index (χ2v) is 5.33. The summed E-state index contributed by atoms with van der Waals surface area (Å²) in [6, 6.07) is 8.11. The van der Waals surface area contributed by atoms with Crippen LogP contribution in [0, 0.1) is 5.92 Å². The van der Waals surface area contributed by atoms with E-state index in [0.29, 0.717) is 5.92 Å². The van der Waals surface area contributed by atoms with Crippen molar-refractivity contribution in [2.24, 2.45) is 5.92 Å². The van der Waals surface area contributed by atoms with Crippen molar-refractivity contribution < 1.29 is 9.84 Å². The van der Waals surface area contributed by atoms with Gasteiger partial charge in [0.25, 0.3) is 0 Å². The standard InChI is InChI=1S/C15H20O2/c16-15-13-9-5-4-8-12(13)10-14(17-15)11-6-2-1-3-7-11/h4-5,8-9,11,14-16H,1-3,6-7,10H2. The van der Waals surface area contributed by atoms with Crippen LogP contribution in [0.2, 0.25) is 0 Å². The number of rotatable bonds is 1. The molecule has 0 radical (unpaired) electrons. The number of aliphatic hydroxyl groups is 1. The first-order chi connectivity index (χ1) is 8.34. The normalized spacial score (nSPS) is 29.9. The molecular weight excluding hydrogens is 212 g/mol. The van der Waals surface area contributed by atoms with Gasteiger partial charge in [-0.1, -0.05) is 43.5 Å². The number of benzene rings is 1. The van der Waals surface area contributed by atoms with E-state index in [1.165, 1.54) is 37.7 Å². The van der Waals surface area contributed by atoms with Crippen LogP contribution in [0.25, 0.3) is 0 Å². The van der Waals surface area contributed by atoms with Gasteiger partial charge in [0.2, 0.25) is 0 Å². The monoisotopic (exact) mass is 232 g/mol. The molecule has 0 amide bonds. The van der Waals surface area contributed by atoms with Gasteiger partial charge < -0.3 is 9.84 Å². The lowest BCUT2D eigenvalue weighted by molar-refractivity contribution is -0.167. The minimum atomic E-state index is -0.716. The van der Waals surface area contributed by atoms with Gasteiger partial charge in [-0.25, -0.2) is 0 Å². The third-order valence-electron chi connectivity index (χ3n) is 4.22. The molecule has 1 aromatic carbocycles. The minimum Gasteiger partial charge on any atom is -0.364 e. The predicted octanol–water partition coefficient (Wildman–Crippen LogP) is 3.20. The summed E-state index contributed by atoms with van der Waals surface area (Å²) in [5.41, 5.74) is 2.22. The fourth-order valence-electron chi connectivity index (χ4n) is 3.25. The Balaban J connectivity index is 1.78. The van der Waals surface area contributed by atoms with Crippen molar-refractivity contribution >= 4 is 0 Å². The lowest BCUT2D eigenvalue weighted by Crippen LogP contribution is -2.33. The zero-order valence-corrected chi connectivity index (χ0v) is 10.1. The predicted molar refractivity (Wildman–Crippen MR) is 66.6 cm³/mol. The number of hydrogen-bond acceptors (Lipinski definition) is 2. The number of aliphatic hydroxyl groups excluding tert-OH is 1. The van der Waals surface area contributed by atoms with Gasteiger partial charge in [-0.15, -0.1) is 0 Å². The number of fused-ring (bicyclic) bond motifs is 1. The van der Waals surface area contributed by atoms with Crippen molar-refractivity contribution in [3.05, 3.63) is 35.4 Å². The fraction of sp³-hybridized carbons (Fsp3) is 0.600. The van der Waals surface area contributed by atoms with Gasteiger partial charge in [-0.05, 0) is 30.7 Å². The van der Waals surface area contributed by atoms with Crippen LogP contribution in [-0.4, -0.2) is 11.2 Å². The van der Waals surface area contributed by atoms with E-state index >= 15 is 0 Å². The van der Waals surface area contributed by atoms with Crippen molar-refractivity contribution in [3.8, 4) is 0 Å². The van der Waals surface area contributed by atoms with E-state index in [1.54, 1.807) is 0 Å². The molecule has 1 aromatic rings. The zero-order chi connectivity index (χ0) is 11.7. The van der Waals surface area contributed by atoms with Gasteiger partial charge in [-0.3, -0.25) is 0 Å². The molecule has 1 fully saturated rings. The molecule has 1 aliphatic heterocycles. The minimum absolute atomic E-state index is 0.222. The highest BCUT2D eigenvalue weighted by Crippen LogP contribution is 2.36. The van der Waals surface area contributed by atoms with E-state index < -0.39 is 6.29 Å². The van der Waals surface area contributed by atoms with Gasteiger partial charge in [0.05, 0.1) is 6.10 Å². The molecule has 17 heavy (non-hydrogen) atoms. The molecule has 2 heteroatoms. The molecule has 0 spiro atoms. The third-order valence-corrected chi connectivity index (χ3v) is 4.22. The van der Waals surface area contributed by atoms with Crippen LogP contribution in [0.4, 0.5) is 0 Å². The summed E-state index contributed by atoms with van der Waals surface area (Å²) in [5.74, 6) is 0.645. The molecule has 0 bridgehead atoms. The van der Waals surface area contributed by atoms with E-state index in [-0.39, 0.29) is 6.10 Å². The first kappa shape index (κ1) is 11.2. The Morgan fingerprint density at radius 2 is 1.82 bits per heavy atom. The average Bonchev–Trinajstić information content (AvgIpc) is 2.40. The molecule has 92 valence electrons. The van der Waals surface area contributed by atoms with Crippen LogP contribution in [0.3, 0.4) is 0 Å². The maximum absolute atomic E-state index is 10.0. The van der Waals surface area contributed by atoms with E-state index in [9.17, 15) is 5.11 Å². The second kappa shape index (κ2) is 4.79. The van der Waals surface area contributed by atoms with E-state index in [0.717, 1.165) is 12.0 Å². The summed E-state index contributed by atoms with van der Waals surface area (Å²) in [6.45, 7) is 0. The SMILES string of the molecule is OC1OC(C2CCCCC2)Cc2ccccc21. The first-order valence-corrected chi connectivity index (χ1v) is 6.76. The van der Waals surface area contributed by atoms with Gasteiger partial charge in [0.1, 0.15) is 0 Å². The highest BCUT2D eigenvalue weighted by atomic mass is 16.6. The zero-order valence-electron chi connectivity index (χ0n) is 10.1. The van der Waals surface area contributed by atoms with Crippen molar-refractivity contribution in [2.45, 2.75) is 50.9 Å². The van der Waals surface area contributed by atoms with Crippen LogP contribution < -0.4 is 0 Å². The van der Waals surface area contributed by atoms with Crippen molar-refractivity contribution in [1.82, 2.24) is 0 Å². The van der Waals surface area contributed by atoms with Gasteiger partial charge >= 0.3 is 0 Å². The topological polar surface area (TPSA) is 29.5 Å². The van der Waals surface area contributed by atoms with Crippen LogP contribution in [-0.2, 0) is 11.2 Å². The Kier molecular flexibility index (Phi) is 3.17. The van der Waals surface area contributed by atoms with Gasteiger partial charge in [0.15, 0.2) is 6.29 Å². The molecule has 1 heterocycles. The number of hydrogen-bond donors (Lipinski definition) is 1. The quantitative estimate of drug-likeness (QED) is 0.805. The maximum Gasteiger partial charge on any atom is 0.181 e. The van der Waals surface area contributed by atoms with Crippen LogP contribution in [0.15, 0.2) is 24.3 Å². The maximum atomic E-state index is 10.0. The first-order valence-electron chi connectivity index (χ1n) is 6.76. The smallest absolute Gasteiger partial charge is 0.181 e. The molecule has 3 rings (SSSR count). The Labute approximate surface area is 103 Å². The summed E-state index contributed by atoms with van der Waals surface area (Å²) in [4.78, 5) is 0. The van der Waals surface area contributed by atoms with E-state index in [4.69, 9.17) is 4.74 Å². The highest BCUT2D eigenvalue weighted by molar-refractivity contribution is 5.30. The summed E-state index contributed by atoms with van der Waals surface area (Å²) in [6.07, 6.45) is 7.01. The van der Waals surface area contributed by atoms with E-state index in [1.807, 2.05) is 12.1 Å². The third kappa shape index (κ3) is 2.24. The van der Waals surface area contributed by atoms with Crippen molar-refractivity contribution in [3.63, 3.8) is 0 Å². The lowest BCUT2D eigenvalue weighted by atomic mass is 9.81. The molecule has 2 nitrogen and oxygen atoms in total.